The van der Waals surface area contributed by atoms with Crippen molar-refractivity contribution in [1.82, 2.24) is 4.98 Å². The molecule has 3 aromatic rings. The maximum atomic E-state index is 12.0. The Hall–Kier alpha value is -1.14. The van der Waals surface area contributed by atoms with Crippen LogP contribution in [0.3, 0.4) is 0 Å². The van der Waals surface area contributed by atoms with E-state index >= 15 is 0 Å². The summed E-state index contributed by atoms with van der Waals surface area (Å²) in [6.45, 7) is 1.92. The third kappa shape index (κ3) is 3.21. The smallest absolute Gasteiger partial charge is 0.231 e. The van der Waals surface area contributed by atoms with E-state index < -0.39 is 0 Å². The Morgan fingerprint density at radius 3 is 2.76 bits per heavy atom. The molecule has 0 radical (unpaired) electrons. The van der Waals surface area contributed by atoms with Crippen molar-refractivity contribution >= 4 is 67.1 Å². The van der Waals surface area contributed by atoms with E-state index in [2.05, 4.69) is 10.3 Å². The lowest BCUT2D eigenvalue weighted by Crippen LogP contribution is -2.13. The quantitative estimate of drug-likeness (QED) is 0.704. The zero-order valence-corrected chi connectivity index (χ0v) is 14.1. The lowest BCUT2D eigenvalue weighted by molar-refractivity contribution is -0.115. The van der Waals surface area contributed by atoms with E-state index in [0.29, 0.717) is 20.9 Å². The first-order valence-electron chi connectivity index (χ1n) is 6.12. The van der Waals surface area contributed by atoms with E-state index in [0.717, 1.165) is 20.7 Å². The second-order valence-corrected chi connectivity index (χ2v) is 7.71. The third-order valence-electron chi connectivity index (χ3n) is 2.96. The van der Waals surface area contributed by atoms with Gasteiger partial charge < -0.3 is 5.32 Å². The van der Waals surface area contributed by atoms with E-state index in [1.807, 2.05) is 25.1 Å². The Bertz CT molecular complexity index is 826. The summed E-state index contributed by atoms with van der Waals surface area (Å²) >= 11 is 14.8. The van der Waals surface area contributed by atoms with E-state index in [1.165, 1.54) is 22.7 Å². The molecule has 1 N–H and O–H groups in total. The molecule has 0 atom stereocenters. The minimum atomic E-state index is -0.101. The van der Waals surface area contributed by atoms with Crippen molar-refractivity contribution in [3.8, 4) is 0 Å². The molecular formula is C14H10Cl2N2OS2. The number of carbonyl (C=O) groups excluding carboxylic acids is 1. The first-order valence-corrected chi connectivity index (χ1v) is 8.51. The van der Waals surface area contributed by atoms with Gasteiger partial charge in [0.1, 0.15) is 0 Å². The first-order chi connectivity index (χ1) is 10.0. The van der Waals surface area contributed by atoms with Gasteiger partial charge in [-0.15, -0.1) is 11.3 Å². The predicted octanol–water partition coefficient (Wildman–Crippen LogP) is 5.15. The summed E-state index contributed by atoms with van der Waals surface area (Å²) in [5.41, 5.74) is 1.76. The summed E-state index contributed by atoms with van der Waals surface area (Å²) in [5.74, 6) is -0.101. The monoisotopic (exact) mass is 356 g/mol. The van der Waals surface area contributed by atoms with Crippen molar-refractivity contribution in [2.45, 2.75) is 13.3 Å². The Morgan fingerprint density at radius 2 is 2.05 bits per heavy atom. The normalized spacial score (nSPS) is 11.0. The molecule has 108 valence electrons. The van der Waals surface area contributed by atoms with Crippen molar-refractivity contribution in [1.29, 1.82) is 0 Å². The predicted molar refractivity (Wildman–Crippen MR) is 91.0 cm³/mol. The fourth-order valence-corrected chi connectivity index (χ4v) is 4.10. The van der Waals surface area contributed by atoms with Gasteiger partial charge in [0.2, 0.25) is 5.91 Å². The van der Waals surface area contributed by atoms with E-state index in [1.54, 1.807) is 6.07 Å². The molecule has 0 aliphatic rings. The average Bonchev–Trinajstić information content (AvgIpc) is 3.01. The molecule has 1 amide bonds. The van der Waals surface area contributed by atoms with Gasteiger partial charge >= 0.3 is 0 Å². The Balaban J connectivity index is 1.78. The molecule has 3 nitrogen and oxygen atoms in total. The Labute approximate surface area is 139 Å². The molecule has 0 saturated heterocycles. The summed E-state index contributed by atoms with van der Waals surface area (Å²) in [6, 6.07) is 7.40. The van der Waals surface area contributed by atoms with Crippen molar-refractivity contribution in [2.75, 3.05) is 5.32 Å². The molecule has 3 rings (SSSR count). The number of amides is 1. The number of hydrogen-bond acceptors (Lipinski definition) is 4. The minimum Gasteiger partial charge on any atom is -0.302 e. The van der Waals surface area contributed by atoms with Crippen molar-refractivity contribution in [3.05, 3.63) is 44.1 Å². The highest BCUT2D eigenvalue weighted by molar-refractivity contribution is 7.22. The molecule has 0 spiro atoms. The number of fused-ring (bicyclic) bond motifs is 1. The molecule has 0 unspecified atom stereocenters. The molecule has 0 aliphatic heterocycles. The van der Waals surface area contributed by atoms with Crippen LogP contribution in [0.4, 0.5) is 5.13 Å². The number of thiazole rings is 1. The van der Waals surface area contributed by atoms with Crippen LogP contribution in [-0.2, 0) is 11.2 Å². The van der Waals surface area contributed by atoms with Crippen LogP contribution in [0.25, 0.3) is 10.2 Å². The van der Waals surface area contributed by atoms with Crippen LogP contribution in [0.1, 0.15) is 10.4 Å². The first kappa shape index (κ1) is 14.8. The number of carbonyl (C=O) groups is 1. The van der Waals surface area contributed by atoms with Crippen molar-refractivity contribution in [2.24, 2.45) is 0 Å². The number of halogens is 2. The highest BCUT2D eigenvalue weighted by Crippen LogP contribution is 2.31. The SMILES string of the molecule is Cc1c(Cl)ccc2sc(NC(=O)Cc3ccc(Cl)s3)nc12. The van der Waals surface area contributed by atoms with Crippen molar-refractivity contribution < 1.29 is 4.79 Å². The molecule has 0 saturated carbocycles. The molecule has 2 aromatic heterocycles. The molecule has 0 aliphatic carbocycles. The van der Waals surface area contributed by atoms with Crippen LogP contribution in [0.15, 0.2) is 24.3 Å². The average molecular weight is 357 g/mol. The lowest BCUT2D eigenvalue weighted by Gasteiger charge is -1.99. The number of nitrogens with zero attached hydrogens (tertiary/aromatic N) is 1. The van der Waals surface area contributed by atoms with Gasteiger partial charge in [-0.25, -0.2) is 4.98 Å². The van der Waals surface area contributed by atoms with Crippen LogP contribution in [0.5, 0.6) is 0 Å². The second-order valence-electron chi connectivity index (χ2n) is 4.47. The van der Waals surface area contributed by atoms with Gasteiger partial charge in [0.05, 0.1) is 21.0 Å². The number of aromatic nitrogens is 1. The maximum Gasteiger partial charge on any atom is 0.231 e. The van der Waals surface area contributed by atoms with E-state index in [9.17, 15) is 4.79 Å². The van der Waals surface area contributed by atoms with Gasteiger partial charge in [0.25, 0.3) is 0 Å². The van der Waals surface area contributed by atoms with Gasteiger partial charge in [0.15, 0.2) is 5.13 Å². The highest BCUT2D eigenvalue weighted by atomic mass is 35.5. The van der Waals surface area contributed by atoms with Crippen LogP contribution in [0, 0.1) is 6.92 Å². The minimum absolute atomic E-state index is 0.101. The number of anilines is 1. The fraction of sp³-hybridized carbons (Fsp3) is 0.143. The standard InChI is InChI=1S/C14H10Cl2N2OS2/c1-7-9(15)3-4-10-13(7)18-14(21-10)17-12(19)6-8-2-5-11(16)20-8/h2-5H,6H2,1H3,(H,17,18,19). The number of benzene rings is 1. The molecule has 0 bridgehead atoms. The molecule has 1 aromatic carbocycles. The van der Waals surface area contributed by atoms with Crippen LogP contribution >= 0.6 is 45.9 Å². The molecular weight excluding hydrogens is 347 g/mol. The molecule has 2 heterocycles. The molecule has 0 fully saturated rings. The van der Waals surface area contributed by atoms with Crippen LogP contribution in [-0.4, -0.2) is 10.9 Å². The van der Waals surface area contributed by atoms with Crippen LogP contribution < -0.4 is 5.32 Å². The van der Waals surface area contributed by atoms with E-state index in [4.69, 9.17) is 23.2 Å². The molecule has 7 heteroatoms. The molecule has 21 heavy (non-hydrogen) atoms. The topological polar surface area (TPSA) is 42.0 Å². The zero-order chi connectivity index (χ0) is 15.0. The fourth-order valence-electron chi connectivity index (χ4n) is 1.92. The maximum absolute atomic E-state index is 12.0. The van der Waals surface area contributed by atoms with Crippen LogP contribution in [0.2, 0.25) is 9.36 Å². The van der Waals surface area contributed by atoms with Gasteiger partial charge in [-0.3, -0.25) is 4.79 Å². The number of rotatable bonds is 3. The van der Waals surface area contributed by atoms with Gasteiger partial charge in [-0.1, -0.05) is 34.5 Å². The Kier molecular flexibility index (Phi) is 4.17. The summed E-state index contributed by atoms with van der Waals surface area (Å²) in [6.07, 6.45) is 0.299. The number of aryl methyl sites for hydroxylation is 1. The van der Waals surface area contributed by atoms with Crippen molar-refractivity contribution in [3.63, 3.8) is 0 Å². The second kappa shape index (κ2) is 5.93. The largest absolute Gasteiger partial charge is 0.302 e. The van der Waals surface area contributed by atoms with Gasteiger partial charge in [-0.2, -0.15) is 0 Å². The van der Waals surface area contributed by atoms with Gasteiger partial charge in [0, 0.05) is 9.90 Å². The summed E-state index contributed by atoms with van der Waals surface area (Å²) in [7, 11) is 0. The number of thiophene rings is 1. The highest BCUT2D eigenvalue weighted by Gasteiger charge is 2.12. The van der Waals surface area contributed by atoms with Gasteiger partial charge in [-0.05, 0) is 36.8 Å². The number of nitrogens with one attached hydrogen (secondary N) is 1. The summed E-state index contributed by atoms with van der Waals surface area (Å²) in [4.78, 5) is 17.4. The summed E-state index contributed by atoms with van der Waals surface area (Å²) < 4.78 is 1.69. The summed E-state index contributed by atoms with van der Waals surface area (Å²) in [5, 5.41) is 4.09. The van der Waals surface area contributed by atoms with E-state index in [-0.39, 0.29) is 5.91 Å². The Morgan fingerprint density at radius 1 is 1.24 bits per heavy atom. The number of hydrogen-bond donors (Lipinski definition) is 1. The third-order valence-corrected chi connectivity index (χ3v) is 5.53. The zero-order valence-electron chi connectivity index (χ0n) is 10.9. The lowest BCUT2D eigenvalue weighted by atomic mass is 10.2.